The fraction of sp³-hybridized carbons (Fsp3) is 0.429. The summed E-state index contributed by atoms with van der Waals surface area (Å²) in [6.45, 7) is 0. The maximum atomic E-state index is 11.2. The molecule has 0 radical (unpaired) electrons. The third kappa shape index (κ3) is 3.89. The molecule has 1 rings (SSSR count). The van der Waals surface area contributed by atoms with E-state index in [2.05, 4.69) is 14.2 Å². The van der Waals surface area contributed by atoms with E-state index in [0.717, 1.165) is 0 Å². The van der Waals surface area contributed by atoms with Gasteiger partial charge in [-0.25, -0.2) is 9.97 Å². The third-order valence-corrected chi connectivity index (χ3v) is 2.78. The van der Waals surface area contributed by atoms with E-state index in [1.165, 1.54) is 18.6 Å². The van der Waals surface area contributed by atoms with Gasteiger partial charge in [0.2, 0.25) is 5.88 Å². The van der Waals surface area contributed by atoms with E-state index in [0.29, 0.717) is 6.42 Å². The number of aromatic nitrogens is 2. The van der Waals surface area contributed by atoms with Crippen LogP contribution in [0.5, 0.6) is 5.88 Å². The van der Waals surface area contributed by atoms with Crippen molar-refractivity contribution in [1.29, 1.82) is 0 Å². The molecular formula is C7H9ClN2O3S. The van der Waals surface area contributed by atoms with E-state index in [-0.39, 0.29) is 17.5 Å². The molecule has 0 aliphatic heterocycles. The number of nitrogens with zero attached hydrogens (tertiary/aromatic N) is 2. The second-order valence-corrected chi connectivity index (χ2v) is 4.50. The molecule has 14 heavy (non-hydrogen) atoms. The Morgan fingerprint density at radius 2 is 2.29 bits per heavy atom. The molecule has 0 spiro atoms. The van der Waals surface area contributed by atoms with Crippen molar-refractivity contribution in [2.75, 3.05) is 11.6 Å². The van der Waals surface area contributed by atoms with Gasteiger partial charge in [0, 0.05) is 18.1 Å². The second-order valence-electron chi connectivity index (χ2n) is 2.44. The lowest BCUT2D eigenvalue weighted by Crippen LogP contribution is -2.14. The van der Waals surface area contributed by atoms with Crippen LogP contribution in [-0.4, -0.2) is 30.0 Å². The molecule has 0 fully saturated rings. The summed E-state index contributed by atoms with van der Waals surface area (Å²) in [6, 6.07) is 1.37. The van der Waals surface area contributed by atoms with Crippen LogP contribution in [-0.2, 0) is 10.1 Å². The van der Waals surface area contributed by atoms with Gasteiger partial charge in [0.25, 0.3) is 0 Å². The van der Waals surface area contributed by atoms with Crippen LogP contribution >= 0.6 is 11.6 Å². The van der Waals surface area contributed by atoms with E-state index < -0.39 is 10.1 Å². The van der Waals surface area contributed by atoms with Gasteiger partial charge in [-0.3, -0.25) is 0 Å². The maximum absolute atomic E-state index is 11.2. The van der Waals surface area contributed by atoms with E-state index in [1.807, 2.05) is 0 Å². The SMILES string of the molecule is O=S(=O)(CCCCl)Oc1ccncn1. The van der Waals surface area contributed by atoms with Gasteiger partial charge in [0.15, 0.2) is 0 Å². The topological polar surface area (TPSA) is 69.2 Å². The predicted octanol–water partition coefficient (Wildman–Crippen LogP) is 0.814. The smallest absolute Gasteiger partial charge is 0.310 e. The number of hydrogen-bond donors (Lipinski definition) is 0. The van der Waals surface area contributed by atoms with Gasteiger partial charge in [-0.15, -0.1) is 11.6 Å². The maximum Gasteiger partial charge on any atom is 0.310 e. The summed E-state index contributed by atoms with van der Waals surface area (Å²) in [4.78, 5) is 7.26. The molecule has 0 bridgehead atoms. The van der Waals surface area contributed by atoms with Crippen molar-refractivity contribution in [3.63, 3.8) is 0 Å². The van der Waals surface area contributed by atoms with Crippen molar-refractivity contribution in [3.8, 4) is 5.88 Å². The molecular weight excluding hydrogens is 228 g/mol. The molecule has 78 valence electrons. The normalized spacial score (nSPS) is 11.2. The van der Waals surface area contributed by atoms with Crippen molar-refractivity contribution in [2.45, 2.75) is 6.42 Å². The molecule has 0 aromatic carbocycles. The first-order valence-electron chi connectivity index (χ1n) is 3.88. The minimum Gasteiger partial charge on any atom is -0.362 e. The van der Waals surface area contributed by atoms with Crippen LogP contribution in [0.4, 0.5) is 0 Å². The summed E-state index contributed by atoms with van der Waals surface area (Å²) in [7, 11) is -3.57. The molecule has 5 nitrogen and oxygen atoms in total. The van der Waals surface area contributed by atoms with E-state index in [9.17, 15) is 8.42 Å². The van der Waals surface area contributed by atoms with Crippen molar-refractivity contribution < 1.29 is 12.6 Å². The zero-order chi connectivity index (χ0) is 10.4. The Morgan fingerprint density at radius 3 is 2.86 bits per heavy atom. The van der Waals surface area contributed by atoms with Gasteiger partial charge >= 0.3 is 10.1 Å². The first-order chi connectivity index (χ1) is 6.64. The van der Waals surface area contributed by atoms with Gasteiger partial charge < -0.3 is 4.18 Å². The average Bonchev–Trinajstić information content (AvgIpc) is 2.16. The summed E-state index contributed by atoms with van der Waals surface area (Å²) in [5, 5.41) is 0. The summed E-state index contributed by atoms with van der Waals surface area (Å²) < 4.78 is 27.1. The lowest BCUT2D eigenvalue weighted by Gasteiger charge is -2.03. The Morgan fingerprint density at radius 1 is 1.50 bits per heavy atom. The molecule has 0 unspecified atom stereocenters. The standard InChI is InChI=1S/C7H9ClN2O3S/c8-3-1-5-14(11,12)13-7-2-4-9-6-10-7/h2,4,6H,1,3,5H2. The lowest BCUT2D eigenvalue weighted by atomic mass is 10.6. The number of rotatable bonds is 5. The van der Waals surface area contributed by atoms with Gasteiger partial charge in [-0.1, -0.05) is 0 Å². The van der Waals surface area contributed by atoms with Crippen molar-refractivity contribution in [3.05, 3.63) is 18.6 Å². The summed E-state index contributed by atoms with van der Waals surface area (Å²) >= 11 is 5.36. The van der Waals surface area contributed by atoms with Crippen LogP contribution in [0.1, 0.15) is 6.42 Å². The first kappa shape index (κ1) is 11.2. The molecule has 7 heteroatoms. The Kier molecular flexibility index (Phi) is 4.09. The van der Waals surface area contributed by atoms with Crippen LogP contribution in [0, 0.1) is 0 Å². The van der Waals surface area contributed by atoms with Crippen LogP contribution < -0.4 is 4.18 Å². The Labute approximate surface area is 87.2 Å². The summed E-state index contributed by atoms with van der Waals surface area (Å²) in [5.41, 5.74) is 0. The molecule has 0 N–H and O–H groups in total. The number of halogens is 1. The lowest BCUT2D eigenvalue weighted by molar-refractivity contribution is 0.474. The predicted molar refractivity (Wildman–Crippen MR) is 51.8 cm³/mol. The molecule has 0 saturated carbocycles. The largest absolute Gasteiger partial charge is 0.362 e. The molecule has 0 atom stereocenters. The van der Waals surface area contributed by atoms with Gasteiger partial charge in [0.05, 0.1) is 5.75 Å². The molecule has 1 heterocycles. The van der Waals surface area contributed by atoms with E-state index >= 15 is 0 Å². The zero-order valence-electron chi connectivity index (χ0n) is 7.26. The summed E-state index contributed by atoms with van der Waals surface area (Å²) in [6.07, 6.45) is 2.97. The van der Waals surface area contributed by atoms with Crippen molar-refractivity contribution >= 4 is 21.7 Å². The van der Waals surface area contributed by atoms with Crippen LogP contribution in [0.3, 0.4) is 0 Å². The zero-order valence-corrected chi connectivity index (χ0v) is 8.83. The highest BCUT2D eigenvalue weighted by Gasteiger charge is 2.12. The minimum atomic E-state index is -3.57. The molecule has 1 aromatic heterocycles. The Balaban J connectivity index is 2.60. The highest BCUT2D eigenvalue weighted by Crippen LogP contribution is 2.07. The number of alkyl halides is 1. The van der Waals surface area contributed by atoms with Crippen LogP contribution in [0.2, 0.25) is 0 Å². The molecule has 0 amide bonds. The van der Waals surface area contributed by atoms with Gasteiger partial charge in [-0.05, 0) is 6.42 Å². The van der Waals surface area contributed by atoms with Gasteiger partial charge in [-0.2, -0.15) is 8.42 Å². The van der Waals surface area contributed by atoms with E-state index in [4.69, 9.17) is 11.6 Å². The van der Waals surface area contributed by atoms with Crippen LogP contribution in [0.15, 0.2) is 18.6 Å². The van der Waals surface area contributed by atoms with E-state index in [1.54, 1.807) is 0 Å². The fourth-order valence-electron chi connectivity index (χ4n) is 0.731. The number of hydrogen-bond acceptors (Lipinski definition) is 5. The van der Waals surface area contributed by atoms with Crippen molar-refractivity contribution in [1.82, 2.24) is 9.97 Å². The fourth-order valence-corrected chi connectivity index (χ4v) is 1.96. The second kappa shape index (κ2) is 5.11. The average molecular weight is 237 g/mol. The molecule has 0 aliphatic rings. The summed E-state index contributed by atoms with van der Waals surface area (Å²) in [5.74, 6) is 0.196. The first-order valence-corrected chi connectivity index (χ1v) is 5.99. The highest BCUT2D eigenvalue weighted by molar-refractivity contribution is 7.87. The molecule has 0 aliphatic carbocycles. The molecule has 1 aromatic rings. The monoisotopic (exact) mass is 236 g/mol. The highest BCUT2D eigenvalue weighted by atomic mass is 35.5. The van der Waals surface area contributed by atoms with Crippen LogP contribution in [0.25, 0.3) is 0 Å². The minimum absolute atomic E-state index is 0.0228. The molecule has 0 saturated heterocycles. The third-order valence-electron chi connectivity index (χ3n) is 1.30. The van der Waals surface area contributed by atoms with Gasteiger partial charge in [0.1, 0.15) is 6.33 Å². The van der Waals surface area contributed by atoms with Crippen molar-refractivity contribution in [2.24, 2.45) is 0 Å². The Bertz CT molecular complexity index is 368. The Hall–Kier alpha value is -0.880. The quantitative estimate of drug-likeness (QED) is 0.559.